The van der Waals surface area contributed by atoms with Gasteiger partial charge < -0.3 is 5.73 Å². The van der Waals surface area contributed by atoms with Crippen LogP contribution in [0.5, 0.6) is 0 Å². The molecule has 0 aliphatic carbocycles. The smallest absolute Gasteiger partial charge is 0.243 e. The molecule has 0 bridgehead atoms. The minimum Gasteiger partial charge on any atom is -0.369 e. The number of likely N-dealkylation sites (tertiary alicyclic amines) is 1. The predicted octanol–water partition coefficient (Wildman–Crippen LogP) is 3.23. The summed E-state index contributed by atoms with van der Waals surface area (Å²) in [5, 5.41) is 0.933. The summed E-state index contributed by atoms with van der Waals surface area (Å²) in [6, 6.07) is 12.3. The standard InChI is InChI=1S/C21H23Cl2N3O3S/c22-19-6-3-16(11-20(19)23)14-1-4-18(5-2-14)30(28,29)26-12-17(13-26)25-9-7-15(8-10-25)21(24)27/h1-6,11,15,17H,7-10,12-13H2,(H2,24,27). The molecular weight excluding hydrogens is 445 g/mol. The van der Waals surface area contributed by atoms with Crippen molar-refractivity contribution in [2.75, 3.05) is 26.2 Å². The lowest BCUT2D eigenvalue weighted by Crippen LogP contribution is -2.62. The van der Waals surface area contributed by atoms with Gasteiger partial charge in [0, 0.05) is 25.0 Å². The van der Waals surface area contributed by atoms with E-state index >= 15 is 0 Å². The van der Waals surface area contributed by atoms with Gasteiger partial charge in [-0.2, -0.15) is 4.31 Å². The molecule has 0 spiro atoms. The second-order valence-electron chi connectivity index (χ2n) is 7.84. The van der Waals surface area contributed by atoms with E-state index in [-0.39, 0.29) is 22.8 Å². The molecule has 2 fully saturated rings. The summed E-state index contributed by atoms with van der Waals surface area (Å²) in [5.41, 5.74) is 7.12. The van der Waals surface area contributed by atoms with Crippen LogP contribution in [0.4, 0.5) is 0 Å². The molecule has 4 rings (SSSR count). The van der Waals surface area contributed by atoms with Crippen molar-refractivity contribution < 1.29 is 13.2 Å². The third-order valence-corrected chi connectivity index (χ3v) is 8.61. The zero-order chi connectivity index (χ0) is 21.5. The van der Waals surface area contributed by atoms with Gasteiger partial charge in [-0.3, -0.25) is 9.69 Å². The molecule has 9 heteroatoms. The number of carbonyl (C=O) groups is 1. The second kappa shape index (κ2) is 8.48. The van der Waals surface area contributed by atoms with Crippen LogP contribution < -0.4 is 5.73 Å². The van der Waals surface area contributed by atoms with Gasteiger partial charge in [0.25, 0.3) is 0 Å². The molecule has 2 N–H and O–H groups in total. The van der Waals surface area contributed by atoms with Gasteiger partial charge in [-0.05, 0) is 61.3 Å². The summed E-state index contributed by atoms with van der Waals surface area (Å²) in [6.07, 6.45) is 1.49. The van der Waals surface area contributed by atoms with E-state index in [0.717, 1.165) is 37.1 Å². The van der Waals surface area contributed by atoms with Crippen LogP contribution in [0.3, 0.4) is 0 Å². The van der Waals surface area contributed by atoms with Crippen LogP contribution in [0.1, 0.15) is 12.8 Å². The fraction of sp³-hybridized carbons (Fsp3) is 0.381. The van der Waals surface area contributed by atoms with E-state index in [2.05, 4.69) is 4.90 Å². The van der Waals surface area contributed by atoms with Crippen molar-refractivity contribution in [3.63, 3.8) is 0 Å². The van der Waals surface area contributed by atoms with Crippen LogP contribution in [0, 0.1) is 5.92 Å². The number of hydrogen-bond donors (Lipinski definition) is 1. The Bertz CT molecular complexity index is 1050. The summed E-state index contributed by atoms with van der Waals surface area (Å²) in [5.74, 6) is -0.299. The quantitative estimate of drug-likeness (QED) is 0.731. The summed E-state index contributed by atoms with van der Waals surface area (Å²) in [7, 11) is -3.53. The third-order valence-electron chi connectivity index (χ3n) is 6.02. The van der Waals surface area contributed by atoms with Crippen LogP contribution in [0.25, 0.3) is 11.1 Å². The minimum absolute atomic E-state index is 0.0600. The van der Waals surface area contributed by atoms with Gasteiger partial charge in [0.15, 0.2) is 0 Å². The summed E-state index contributed by atoms with van der Waals surface area (Å²) < 4.78 is 27.4. The van der Waals surface area contributed by atoms with E-state index in [1.165, 1.54) is 4.31 Å². The first-order chi connectivity index (χ1) is 14.3. The minimum atomic E-state index is -3.53. The first kappa shape index (κ1) is 21.6. The lowest BCUT2D eigenvalue weighted by atomic mass is 9.94. The number of nitrogens with zero attached hydrogens (tertiary/aromatic N) is 2. The fourth-order valence-electron chi connectivity index (χ4n) is 4.04. The van der Waals surface area contributed by atoms with E-state index in [1.807, 2.05) is 6.07 Å². The summed E-state index contributed by atoms with van der Waals surface area (Å²) in [6.45, 7) is 2.51. The van der Waals surface area contributed by atoms with Crippen molar-refractivity contribution in [1.29, 1.82) is 0 Å². The molecule has 1 amide bonds. The van der Waals surface area contributed by atoms with Crippen molar-refractivity contribution in [3.8, 4) is 11.1 Å². The van der Waals surface area contributed by atoms with Gasteiger partial charge in [0.2, 0.25) is 15.9 Å². The molecular formula is C21H23Cl2N3O3S. The summed E-state index contributed by atoms with van der Waals surface area (Å²) in [4.78, 5) is 13.8. The largest absolute Gasteiger partial charge is 0.369 e. The highest BCUT2D eigenvalue weighted by molar-refractivity contribution is 7.89. The highest BCUT2D eigenvalue weighted by Crippen LogP contribution is 2.31. The third kappa shape index (κ3) is 4.22. The highest BCUT2D eigenvalue weighted by atomic mass is 35.5. The molecule has 160 valence electrons. The average molecular weight is 468 g/mol. The van der Waals surface area contributed by atoms with Crippen molar-refractivity contribution >= 4 is 39.1 Å². The molecule has 0 saturated carbocycles. The molecule has 0 atom stereocenters. The molecule has 2 aromatic rings. The fourth-order valence-corrected chi connectivity index (χ4v) is 5.85. The Morgan fingerprint density at radius 3 is 2.10 bits per heavy atom. The Balaban J connectivity index is 1.39. The van der Waals surface area contributed by atoms with Crippen LogP contribution >= 0.6 is 23.2 Å². The van der Waals surface area contributed by atoms with Crippen LogP contribution in [-0.2, 0) is 14.8 Å². The lowest BCUT2D eigenvalue weighted by Gasteiger charge is -2.46. The Hall–Kier alpha value is -1.64. The van der Waals surface area contributed by atoms with E-state index in [9.17, 15) is 13.2 Å². The predicted molar refractivity (Wildman–Crippen MR) is 118 cm³/mol. The van der Waals surface area contributed by atoms with E-state index in [4.69, 9.17) is 28.9 Å². The Labute approximate surface area is 186 Å². The van der Waals surface area contributed by atoms with Crippen molar-refractivity contribution in [2.45, 2.75) is 23.8 Å². The number of piperidine rings is 1. The van der Waals surface area contributed by atoms with E-state index in [1.54, 1.807) is 36.4 Å². The molecule has 6 nitrogen and oxygen atoms in total. The number of rotatable bonds is 5. The Morgan fingerprint density at radius 1 is 0.933 bits per heavy atom. The van der Waals surface area contributed by atoms with Crippen LogP contribution in [-0.4, -0.2) is 55.8 Å². The normalized spacial score (nSPS) is 19.5. The Morgan fingerprint density at radius 2 is 1.53 bits per heavy atom. The number of primary amides is 1. The first-order valence-electron chi connectivity index (χ1n) is 9.84. The Kier molecular flexibility index (Phi) is 6.10. The van der Waals surface area contributed by atoms with Crippen molar-refractivity contribution in [2.24, 2.45) is 11.7 Å². The number of hydrogen-bond acceptors (Lipinski definition) is 4. The van der Waals surface area contributed by atoms with Crippen molar-refractivity contribution in [1.82, 2.24) is 9.21 Å². The maximum Gasteiger partial charge on any atom is 0.243 e. The lowest BCUT2D eigenvalue weighted by molar-refractivity contribution is -0.123. The van der Waals surface area contributed by atoms with E-state index in [0.29, 0.717) is 23.1 Å². The first-order valence-corrected chi connectivity index (χ1v) is 12.0. The number of sulfonamides is 1. The van der Waals surface area contributed by atoms with Crippen molar-refractivity contribution in [3.05, 3.63) is 52.5 Å². The molecule has 0 unspecified atom stereocenters. The van der Waals surface area contributed by atoms with E-state index < -0.39 is 10.0 Å². The maximum atomic E-state index is 12.9. The number of nitrogens with two attached hydrogens (primary N) is 1. The van der Waals surface area contributed by atoms with Gasteiger partial charge >= 0.3 is 0 Å². The maximum absolute atomic E-state index is 12.9. The topological polar surface area (TPSA) is 83.7 Å². The molecule has 2 heterocycles. The zero-order valence-electron chi connectivity index (χ0n) is 16.3. The number of carbonyl (C=O) groups excluding carboxylic acids is 1. The second-order valence-corrected chi connectivity index (χ2v) is 10.6. The zero-order valence-corrected chi connectivity index (χ0v) is 18.6. The number of amides is 1. The molecule has 0 radical (unpaired) electrons. The molecule has 2 aliphatic rings. The average Bonchev–Trinajstić information content (AvgIpc) is 2.69. The monoisotopic (exact) mass is 467 g/mol. The molecule has 2 aromatic carbocycles. The number of benzene rings is 2. The summed E-state index contributed by atoms with van der Waals surface area (Å²) >= 11 is 12.0. The van der Waals surface area contributed by atoms with Gasteiger partial charge in [0.05, 0.1) is 14.9 Å². The number of halogens is 2. The molecule has 2 aliphatic heterocycles. The SMILES string of the molecule is NC(=O)C1CCN(C2CN(S(=O)(=O)c3ccc(-c4ccc(Cl)c(Cl)c4)cc3)C2)CC1. The van der Waals surface area contributed by atoms with Crippen LogP contribution in [0.2, 0.25) is 10.0 Å². The highest BCUT2D eigenvalue weighted by Gasteiger charge is 2.40. The van der Waals surface area contributed by atoms with Gasteiger partial charge in [0.1, 0.15) is 0 Å². The molecule has 30 heavy (non-hydrogen) atoms. The van der Waals surface area contributed by atoms with Gasteiger partial charge in [-0.25, -0.2) is 8.42 Å². The molecule has 2 saturated heterocycles. The van der Waals surface area contributed by atoms with Gasteiger partial charge in [-0.15, -0.1) is 0 Å². The molecule has 0 aromatic heterocycles. The van der Waals surface area contributed by atoms with Crippen LogP contribution in [0.15, 0.2) is 47.4 Å². The van der Waals surface area contributed by atoms with Gasteiger partial charge in [-0.1, -0.05) is 41.4 Å².